The first kappa shape index (κ1) is 16.8. The van der Waals surface area contributed by atoms with Crippen molar-refractivity contribution in [1.82, 2.24) is 10.2 Å². The minimum absolute atomic E-state index is 0.203. The van der Waals surface area contributed by atoms with Gasteiger partial charge in [0.15, 0.2) is 0 Å². The van der Waals surface area contributed by atoms with Gasteiger partial charge in [0.25, 0.3) is 0 Å². The molecule has 2 aliphatic rings. The van der Waals surface area contributed by atoms with E-state index in [1.54, 1.807) is 0 Å². The van der Waals surface area contributed by atoms with Crippen LogP contribution in [0.15, 0.2) is 0 Å². The normalized spacial score (nSPS) is 33.8. The highest BCUT2D eigenvalue weighted by atomic mass is 16.1. The topological polar surface area (TPSA) is 58.4 Å². The van der Waals surface area contributed by atoms with E-state index in [0.29, 0.717) is 23.9 Å². The number of hydrogen-bond acceptors (Lipinski definition) is 3. The Balaban J connectivity index is 1.74. The van der Waals surface area contributed by atoms with Crippen molar-refractivity contribution < 1.29 is 4.79 Å². The molecular formula is C17H33N3O. The average Bonchev–Trinajstić information content (AvgIpc) is 2.45. The molecule has 3 unspecified atom stereocenters. The number of likely N-dealkylation sites (N-methyl/N-ethyl adjacent to an activating group) is 1. The number of carbonyl (C=O) groups excluding carboxylic acids is 1. The van der Waals surface area contributed by atoms with Crippen molar-refractivity contribution in [3.8, 4) is 0 Å². The molecule has 2 fully saturated rings. The van der Waals surface area contributed by atoms with Gasteiger partial charge in [-0.25, -0.2) is 0 Å². The number of nitrogens with zero attached hydrogens (tertiary/aromatic N) is 1. The van der Waals surface area contributed by atoms with Crippen molar-refractivity contribution >= 4 is 5.91 Å². The fourth-order valence-electron chi connectivity index (χ4n) is 4.04. The summed E-state index contributed by atoms with van der Waals surface area (Å²) in [7, 11) is 2.13. The molecule has 4 nitrogen and oxygen atoms in total. The largest absolute Gasteiger partial charge is 0.355 e. The highest BCUT2D eigenvalue weighted by Crippen LogP contribution is 2.41. The van der Waals surface area contributed by atoms with E-state index in [1.165, 1.54) is 19.3 Å². The number of carbonyl (C=O) groups is 1. The molecule has 0 aromatic rings. The van der Waals surface area contributed by atoms with Crippen LogP contribution in [0, 0.1) is 17.8 Å². The molecule has 2 bridgehead atoms. The lowest BCUT2D eigenvalue weighted by Gasteiger charge is -2.43. The number of nitrogens with one attached hydrogen (secondary N) is 1. The first-order valence-electron chi connectivity index (χ1n) is 8.76. The Kier molecular flexibility index (Phi) is 6.06. The molecule has 2 aliphatic carbocycles. The smallest absolute Gasteiger partial charge is 0.223 e. The zero-order valence-electron chi connectivity index (χ0n) is 14.0. The van der Waals surface area contributed by atoms with E-state index >= 15 is 0 Å². The standard InChI is InChI=1S/C17H33N3O/c1-4-12(2)20(3)9-8-19-17(21)15-10-13-6-5-7-14(11-15)16(13)18/h12-16H,4-11,18H2,1-3H3,(H,19,21). The molecule has 3 N–H and O–H groups in total. The number of nitrogens with two attached hydrogens (primary N) is 1. The lowest BCUT2D eigenvalue weighted by molar-refractivity contribution is -0.127. The monoisotopic (exact) mass is 295 g/mol. The van der Waals surface area contributed by atoms with Crippen LogP contribution in [0.2, 0.25) is 0 Å². The van der Waals surface area contributed by atoms with Gasteiger partial charge in [-0.2, -0.15) is 0 Å². The van der Waals surface area contributed by atoms with Crippen LogP contribution in [0.5, 0.6) is 0 Å². The molecule has 0 aromatic heterocycles. The summed E-state index contributed by atoms with van der Waals surface area (Å²) in [6, 6.07) is 0.924. The molecule has 0 saturated heterocycles. The maximum atomic E-state index is 12.4. The highest BCUT2D eigenvalue weighted by molar-refractivity contribution is 5.78. The Labute approximate surface area is 129 Å². The molecule has 122 valence electrons. The first-order chi connectivity index (χ1) is 10.0. The molecule has 3 atom stereocenters. The Morgan fingerprint density at radius 2 is 1.95 bits per heavy atom. The van der Waals surface area contributed by atoms with E-state index in [9.17, 15) is 4.79 Å². The Hall–Kier alpha value is -0.610. The molecule has 0 heterocycles. The summed E-state index contributed by atoms with van der Waals surface area (Å²) in [5.41, 5.74) is 6.30. The molecule has 0 aromatic carbocycles. The van der Waals surface area contributed by atoms with Gasteiger partial charge in [0.2, 0.25) is 5.91 Å². The van der Waals surface area contributed by atoms with Crippen molar-refractivity contribution in [3.63, 3.8) is 0 Å². The predicted molar refractivity (Wildman–Crippen MR) is 86.9 cm³/mol. The van der Waals surface area contributed by atoms with Crippen molar-refractivity contribution in [3.05, 3.63) is 0 Å². The molecule has 0 radical (unpaired) electrons. The van der Waals surface area contributed by atoms with Crippen molar-refractivity contribution in [2.24, 2.45) is 23.5 Å². The molecule has 2 rings (SSSR count). The van der Waals surface area contributed by atoms with Crippen LogP contribution in [0.1, 0.15) is 52.4 Å². The second-order valence-electron chi connectivity index (χ2n) is 7.23. The Morgan fingerprint density at radius 3 is 2.52 bits per heavy atom. The second kappa shape index (κ2) is 7.59. The molecule has 0 aliphatic heterocycles. The fraction of sp³-hybridized carbons (Fsp3) is 0.941. The summed E-state index contributed by atoms with van der Waals surface area (Å²) in [6.07, 6.45) is 6.90. The summed E-state index contributed by atoms with van der Waals surface area (Å²) in [5.74, 6) is 1.62. The van der Waals surface area contributed by atoms with Gasteiger partial charge in [0, 0.05) is 31.1 Å². The third kappa shape index (κ3) is 4.19. The van der Waals surface area contributed by atoms with Crippen molar-refractivity contribution in [2.45, 2.75) is 64.5 Å². The number of hydrogen-bond donors (Lipinski definition) is 2. The highest BCUT2D eigenvalue weighted by Gasteiger charge is 2.40. The quantitative estimate of drug-likeness (QED) is 0.788. The summed E-state index contributed by atoms with van der Waals surface area (Å²) in [6.45, 7) is 6.12. The van der Waals surface area contributed by atoms with Crippen LogP contribution >= 0.6 is 0 Å². The third-order valence-corrected chi connectivity index (χ3v) is 5.89. The van der Waals surface area contributed by atoms with Crippen molar-refractivity contribution in [1.29, 1.82) is 0 Å². The van der Waals surface area contributed by atoms with Gasteiger partial charge in [-0.05, 0) is 57.9 Å². The van der Waals surface area contributed by atoms with Gasteiger partial charge in [0.05, 0.1) is 0 Å². The van der Waals surface area contributed by atoms with Crippen LogP contribution in [0.4, 0.5) is 0 Å². The summed E-state index contributed by atoms with van der Waals surface area (Å²) in [5, 5.41) is 3.14. The van der Waals surface area contributed by atoms with Crippen LogP contribution in [0.3, 0.4) is 0 Å². The van der Waals surface area contributed by atoms with E-state index in [2.05, 4.69) is 31.1 Å². The van der Waals surface area contributed by atoms with Crippen molar-refractivity contribution in [2.75, 3.05) is 20.1 Å². The number of amides is 1. The van der Waals surface area contributed by atoms with E-state index in [0.717, 1.165) is 32.4 Å². The predicted octanol–water partition coefficient (Wildman–Crippen LogP) is 1.99. The van der Waals surface area contributed by atoms with Gasteiger partial charge in [0.1, 0.15) is 0 Å². The summed E-state index contributed by atoms with van der Waals surface area (Å²) in [4.78, 5) is 14.7. The lowest BCUT2D eigenvalue weighted by atomic mass is 9.65. The Bertz CT molecular complexity index is 333. The molecule has 21 heavy (non-hydrogen) atoms. The van der Waals surface area contributed by atoms with E-state index in [-0.39, 0.29) is 11.8 Å². The number of fused-ring (bicyclic) bond motifs is 2. The Morgan fingerprint density at radius 1 is 1.33 bits per heavy atom. The SMILES string of the molecule is CCC(C)N(C)CCNC(=O)C1CC2CCCC(C1)C2N. The minimum atomic E-state index is 0.203. The zero-order valence-corrected chi connectivity index (χ0v) is 14.0. The maximum Gasteiger partial charge on any atom is 0.223 e. The number of rotatable bonds is 6. The third-order valence-electron chi connectivity index (χ3n) is 5.89. The van der Waals surface area contributed by atoms with Gasteiger partial charge in [-0.3, -0.25) is 4.79 Å². The fourth-order valence-corrected chi connectivity index (χ4v) is 4.04. The van der Waals surface area contributed by atoms with Gasteiger partial charge in [-0.1, -0.05) is 13.3 Å². The molecule has 0 spiro atoms. The van der Waals surface area contributed by atoms with E-state index < -0.39 is 0 Å². The molecule has 4 heteroatoms. The summed E-state index contributed by atoms with van der Waals surface area (Å²) >= 11 is 0. The van der Waals surface area contributed by atoms with E-state index in [4.69, 9.17) is 5.73 Å². The second-order valence-corrected chi connectivity index (χ2v) is 7.23. The van der Waals surface area contributed by atoms with Gasteiger partial charge < -0.3 is 16.0 Å². The molecule has 2 saturated carbocycles. The maximum absolute atomic E-state index is 12.4. The lowest BCUT2D eigenvalue weighted by Crippen LogP contribution is -2.49. The minimum Gasteiger partial charge on any atom is -0.355 e. The summed E-state index contributed by atoms with van der Waals surface area (Å²) < 4.78 is 0. The van der Waals surface area contributed by atoms with Gasteiger partial charge >= 0.3 is 0 Å². The molecular weight excluding hydrogens is 262 g/mol. The molecule has 1 amide bonds. The van der Waals surface area contributed by atoms with Crippen LogP contribution in [-0.2, 0) is 4.79 Å². The first-order valence-corrected chi connectivity index (χ1v) is 8.76. The zero-order chi connectivity index (χ0) is 15.4. The van der Waals surface area contributed by atoms with Crippen LogP contribution in [0.25, 0.3) is 0 Å². The van der Waals surface area contributed by atoms with Crippen LogP contribution in [-0.4, -0.2) is 43.0 Å². The van der Waals surface area contributed by atoms with Gasteiger partial charge in [-0.15, -0.1) is 0 Å². The van der Waals surface area contributed by atoms with Crippen LogP contribution < -0.4 is 11.1 Å². The average molecular weight is 295 g/mol. The van der Waals surface area contributed by atoms with E-state index in [1.807, 2.05) is 0 Å².